The highest BCUT2D eigenvalue weighted by Crippen LogP contribution is 2.00. The van der Waals surface area contributed by atoms with E-state index in [1.165, 1.54) is 18.2 Å². The van der Waals surface area contributed by atoms with Gasteiger partial charge in [-0.1, -0.05) is 13.0 Å². The summed E-state index contributed by atoms with van der Waals surface area (Å²) in [6, 6.07) is 4.04. The van der Waals surface area contributed by atoms with E-state index in [-0.39, 0.29) is 17.6 Å². The first-order valence-corrected chi connectivity index (χ1v) is 5.09. The molecule has 1 heterocycles. The Labute approximate surface area is 93.8 Å². The van der Waals surface area contributed by atoms with Gasteiger partial charge in [-0.2, -0.15) is 4.39 Å². The van der Waals surface area contributed by atoms with E-state index in [4.69, 9.17) is 4.74 Å². The molecule has 0 radical (unpaired) electrons. The van der Waals surface area contributed by atoms with Crippen molar-refractivity contribution < 1.29 is 13.9 Å². The number of ether oxygens (including phenoxy) is 1. The molecule has 1 amide bonds. The molecule has 1 unspecified atom stereocenters. The zero-order chi connectivity index (χ0) is 12.0. The Kier molecular flexibility index (Phi) is 4.85. The summed E-state index contributed by atoms with van der Waals surface area (Å²) < 4.78 is 17.7. The normalized spacial score (nSPS) is 12.2. The van der Waals surface area contributed by atoms with Gasteiger partial charge in [-0.05, 0) is 18.6 Å². The minimum Gasteiger partial charge on any atom is -0.383 e. The van der Waals surface area contributed by atoms with Crippen molar-refractivity contribution >= 4 is 5.91 Å². The molecule has 1 atom stereocenters. The number of halogens is 1. The molecule has 1 aromatic rings. The van der Waals surface area contributed by atoms with Crippen LogP contribution in [0.4, 0.5) is 4.39 Å². The summed E-state index contributed by atoms with van der Waals surface area (Å²) in [6.45, 7) is 2.36. The first-order chi connectivity index (χ1) is 7.67. The van der Waals surface area contributed by atoms with Crippen LogP contribution in [-0.4, -0.2) is 30.6 Å². The summed E-state index contributed by atoms with van der Waals surface area (Å²) in [4.78, 5) is 15.1. The number of rotatable bonds is 5. The van der Waals surface area contributed by atoms with E-state index in [9.17, 15) is 9.18 Å². The van der Waals surface area contributed by atoms with E-state index in [1.54, 1.807) is 7.11 Å². The van der Waals surface area contributed by atoms with Crippen LogP contribution < -0.4 is 5.32 Å². The Morgan fingerprint density at radius 3 is 2.94 bits per heavy atom. The van der Waals surface area contributed by atoms with Gasteiger partial charge in [0.1, 0.15) is 5.69 Å². The van der Waals surface area contributed by atoms with Gasteiger partial charge in [0.05, 0.1) is 12.6 Å². The van der Waals surface area contributed by atoms with Gasteiger partial charge >= 0.3 is 0 Å². The molecule has 1 aromatic heterocycles. The number of aromatic nitrogens is 1. The Morgan fingerprint density at radius 2 is 2.38 bits per heavy atom. The molecule has 1 rings (SSSR count). The van der Waals surface area contributed by atoms with E-state index in [1.807, 2.05) is 6.92 Å². The summed E-state index contributed by atoms with van der Waals surface area (Å²) in [5.74, 6) is -1.05. The van der Waals surface area contributed by atoms with Gasteiger partial charge < -0.3 is 10.1 Å². The summed E-state index contributed by atoms with van der Waals surface area (Å²) >= 11 is 0. The van der Waals surface area contributed by atoms with Crippen LogP contribution in [-0.2, 0) is 4.74 Å². The van der Waals surface area contributed by atoms with Crippen molar-refractivity contribution in [2.45, 2.75) is 19.4 Å². The lowest BCUT2D eigenvalue weighted by atomic mass is 10.2. The van der Waals surface area contributed by atoms with Crippen LogP contribution in [0.25, 0.3) is 0 Å². The number of methoxy groups -OCH3 is 1. The lowest BCUT2D eigenvalue weighted by molar-refractivity contribution is 0.0888. The number of carbonyl (C=O) groups is 1. The van der Waals surface area contributed by atoms with E-state index in [0.29, 0.717) is 6.61 Å². The molecule has 0 fully saturated rings. The summed E-state index contributed by atoms with van der Waals surface area (Å²) in [5.41, 5.74) is 0.0783. The van der Waals surface area contributed by atoms with E-state index < -0.39 is 5.95 Å². The van der Waals surface area contributed by atoms with Crippen molar-refractivity contribution in [1.82, 2.24) is 10.3 Å². The standard InChI is InChI=1S/C11H15FN2O2/c1-3-8(7-16-2)13-11(15)9-5-4-6-10(12)14-9/h4-6,8H,3,7H2,1-2H3,(H,13,15). The fraction of sp³-hybridized carbons (Fsp3) is 0.455. The maximum Gasteiger partial charge on any atom is 0.270 e. The molecular weight excluding hydrogens is 211 g/mol. The number of pyridine rings is 1. The maximum absolute atomic E-state index is 12.8. The lowest BCUT2D eigenvalue weighted by Crippen LogP contribution is -2.37. The zero-order valence-electron chi connectivity index (χ0n) is 9.37. The predicted octanol–water partition coefficient (Wildman–Crippen LogP) is 1.38. The van der Waals surface area contributed by atoms with Crippen molar-refractivity contribution in [3.63, 3.8) is 0 Å². The number of hydrogen-bond donors (Lipinski definition) is 1. The minimum atomic E-state index is -0.660. The van der Waals surface area contributed by atoms with Crippen LogP contribution in [0.5, 0.6) is 0 Å². The number of hydrogen-bond acceptors (Lipinski definition) is 3. The van der Waals surface area contributed by atoms with Gasteiger partial charge in [-0.25, -0.2) is 4.98 Å². The number of nitrogens with zero attached hydrogens (tertiary/aromatic N) is 1. The molecule has 0 aliphatic carbocycles. The van der Waals surface area contributed by atoms with Gasteiger partial charge in [0.25, 0.3) is 5.91 Å². The monoisotopic (exact) mass is 226 g/mol. The van der Waals surface area contributed by atoms with Crippen LogP contribution in [0.1, 0.15) is 23.8 Å². The molecule has 0 aliphatic rings. The Balaban J connectivity index is 2.64. The molecule has 0 aromatic carbocycles. The van der Waals surface area contributed by atoms with Crippen molar-refractivity contribution in [2.75, 3.05) is 13.7 Å². The Bertz CT molecular complexity index is 358. The fourth-order valence-corrected chi connectivity index (χ4v) is 1.26. The van der Waals surface area contributed by atoms with Gasteiger partial charge in [-0.15, -0.1) is 0 Å². The van der Waals surface area contributed by atoms with Crippen molar-refractivity contribution in [3.05, 3.63) is 29.8 Å². The quantitative estimate of drug-likeness (QED) is 0.771. The van der Waals surface area contributed by atoms with Crippen LogP contribution >= 0.6 is 0 Å². The second kappa shape index (κ2) is 6.17. The number of nitrogens with one attached hydrogen (secondary N) is 1. The largest absolute Gasteiger partial charge is 0.383 e. The zero-order valence-corrected chi connectivity index (χ0v) is 9.37. The van der Waals surface area contributed by atoms with Crippen molar-refractivity contribution in [3.8, 4) is 0 Å². The van der Waals surface area contributed by atoms with Crippen molar-refractivity contribution in [1.29, 1.82) is 0 Å². The van der Waals surface area contributed by atoms with Crippen molar-refractivity contribution in [2.24, 2.45) is 0 Å². The third-order valence-corrected chi connectivity index (χ3v) is 2.14. The molecule has 0 saturated carbocycles. The smallest absolute Gasteiger partial charge is 0.270 e. The third-order valence-electron chi connectivity index (χ3n) is 2.14. The van der Waals surface area contributed by atoms with Crippen LogP contribution in [0.2, 0.25) is 0 Å². The molecule has 0 aliphatic heterocycles. The second-order valence-electron chi connectivity index (χ2n) is 3.38. The number of carbonyl (C=O) groups excluding carboxylic acids is 1. The maximum atomic E-state index is 12.8. The summed E-state index contributed by atoms with van der Waals surface area (Å²) in [7, 11) is 1.56. The minimum absolute atomic E-state index is 0.0783. The van der Waals surface area contributed by atoms with Crippen LogP contribution in [0, 0.1) is 5.95 Å². The van der Waals surface area contributed by atoms with E-state index in [2.05, 4.69) is 10.3 Å². The molecule has 4 nitrogen and oxygen atoms in total. The average molecular weight is 226 g/mol. The van der Waals surface area contributed by atoms with Gasteiger partial charge in [0.15, 0.2) is 0 Å². The number of amides is 1. The lowest BCUT2D eigenvalue weighted by Gasteiger charge is -2.15. The fourth-order valence-electron chi connectivity index (χ4n) is 1.26. The first-order valence-electron chi connectivity index (χ1n) is 5.09. The van der Waals surface area contributed by atoms with Gasteiger partial charge in [0.2, 0.25) is 5.95 Å². The third kappa shape index (κ3) is 3.58. The van der Waals surface area contributed by atoms with E-state index in [0.717, 1.165) is 6.42 Å². The molecule has 0 saturated heterocycles. The van der Waals surface area contributed by atoms with E-state index >= 15 is 0 Å². The molecular formula is C11H15FN2O2. The summed E-state index contributed by atoms with van der Waals surface area (Å²) in [5, 5.41) is 2.72. The molecule has 0 bridgehead atoms. The van der Waals surface area contributed by atoms with Gasteiger partial charge in [0, 0.05) is 7.11 Å². The molecule has 16 heavy (non-hydrogen) atoms. The topological polar surface area (TPSA) is 51.2 Å². The summed E-state index contributed by atoms with van der Waals surface area (Å²) in [6.07, 6.45) is 0.745. The molecule has 0 spiro atoms. The van der Waals surface area contributed by atoms with Crippen LogP contribution in [0.3, 0.4) is 0 Å². The molecule has 88 valence electrons. The average Bonchev–Trinajstić information content (AvgIpc) is 2.28. The molecule has 5 heteroatoms. The molecule has 1 N–H and O–H groups in total. The van der Waals surface area contributed by atoms with Crippen LogP contribution in [0.15, 0.2) is 18.2 Å². The SMILES string of the molecule is CCC(COC)NC(=O)c1cccc(F)n1. The highest BCUT2D eigenvalue weighted by atomic mass is 19.1. The Hall–Kier alpha value is -1.49. The second-order valence-corrected chi connectivity index (χ2v) is 3.38. The highest BCUT2D eigenvalue weighted by molar-refractivity contribution is 5.92. The Morgan fingerprint density at radius 1 is 1.62 bits per heavy atom. The first kappa shape index (κ1) is 12.6. The van der Waals surface area contributed by atoms with Gasteiger partial charge in [-0.3, -0.25) is 4.79 Å². The highest BCUT2D eigenvalue weighted by Gasteiger charge is 2.13. The predicted molar refractivity (Wildman–Crippen MR) is 57.6 cm³/mol.